The Morgan fingerprint density at radius 3 is 2.26 bits per heavy atom. The third-order valence-electron chi connectivity index (χ3n) is 6.76. The van der Waals surface area contributed by atoms with Crippen LogP contribution in [0.25, 0.3) is 22.4 Å². The lowest BCUT2D eigenvalue weighted by Gasteiger charge is -2.30. The first kappa shape index (κ1) is 28.9. The Morgan fingerprint density at radius 1 is 1.08 bits per heavy atom. The number of ether oxygens (including phenoxy) is 1. The highest BCUT2D eigenvalue weighted by Gasteiger charge is 2.37. The molecule has 1 aliphatic heterocycles. The Morgan fingerprint density at radius 2 is 1.68 bits per heavy atom. The van der Waals surface area contributed by atoms with E-state index in [2.05, 4.69) is 15.3 Å². The quantitative estimate of drug-likeness (QED) is 0.365. The van der Waals surface area contributed by atoms with Gasteiger partial charge in [-0.15, -0.1) is 12.4 Å². The number of hydrogen-bond acceptors (Lipinski definition) is 6. The number of hydrogen-bond donors (Lipinski definition) is 3. The molecule has 10 heteroatoms. The van der Waals surface area contributed by atoms with Crippen LogP contribution in [0.4, 0.5) is 4.79 Å². The molecule has 38 heavy (non-hydrogen) atoms. The summed E-state index contributed by atoms with van der Waals surface area (Å²) in [6, 6.07) is 14.6. The molecule has 0 saturated carbocycles. The lowest BCUT2D eigenvalue weighted by Crippen LogP contribution is -2.51. The van der Waals surface area contributed by atoms with E-state index < -0.39 is 12.1 Å². The lowest BCUT2D eigenvalue weighted by atomic mass is 10.0. The maximum Gasteiger partial charge on any atom is 0.407 e. The minimum atomic E-state index is -0.669. The first-order valence-corrected chi connectivity index (χ1v) is 12.5. The summed E-state index contributed by atoms with van der Waals surface area (Å²) in [5, 5.41) is 2.67. The number of likely N-dealkylation sites (tertiary alicyclic amines) is 1. The molecule has 202 valence electrons. The Bertz CT molecular complexity index is 1260. The molecule has 2 atom stereocenters. The minimum Gasteiger partial charge on any atom is -0.453 e. The van der Waals surface area contributed by atoms with Gasteiger partial charge in [-0.25, -0.2) is 9.78 Å². The summed E-state index contributed by atoms with van der Waals surface area (Å²) in [5.74, 6) is 0.421. The molecule has 2 heterocycles. The number of carbonyl (C=O) groups is 3. The number of imidazole rings is 1. The summed E-state index contributed by atoms with van der Waals surface area (Å²) in [4.78, 5) is 46.7. The molecule has 4 N–H and O–H groups in total. The summed E-state index contributed by atoms with van der Waals surface area (Å²) >= 11 is 0. The van der Waals surface area contributed by atoms with Gasteiger partial charge in [0.2, 0.25) is 5.91 Å². The topological polar surface area (TPSA) is 130 Å². The van der Waals surface area contributed by atoms with Crippen LogP contribution in [0.2, 0.25) is 0 Å². The molecule has 1 aliphatic rings. The van der Waals surface area contributed by atoms with Crippen molar-refractivity contribution in [1.29, 1.82) is 0 Å². The van der Waals surface area contributed by atoms with Crippen molar-refractivity contribution in [2.24, 2.45) is 11.7 Å². The Kier molecular flexibility index (Phi) is 9.66. The Labute approximate surface area is 228 Å². The molecule has 1 saturated heterocycles. The number of Topliss-reactive ketones (excluding diaryl/α,β-unsaturated/α-hetero) is 1. The first-order chi connectivity index (χ1) is 17.8. The zero-order valence-electron chi connectivity index (χ0n) is 21.8. The Balaban J connectivity index is 0.00000400. The maximum atomic E-state index is 13.3. The highest BCUT2D eigenvalue weighted by Crippen LogP contribution is 2.33. The van der Waals surface area contributed by atoms with Crippen molar-refractivity contribution in [1.82, 2.24) is 20.2 Å². The SMILES string of the molecule is COC(=O)NC(C(=O)N1CCCC1c1ncc(-c2ccc(-c3ccc(C(=O)CN)cc3)cc2)[nH]1)C(C)C.Cl. The van der Waals surface area contributed by atoms with Crippen molar-refractivity contribution >= 4 is 30.2 Å². The molecule has 1 fully saturated rings. The second-order valence-electron chi connectivity index (χ2n) is 9.51. The van der Waals surface area contributed by atoms with Gasteiger partial charge in [-0.1, -0.05) is 62.4 Å². The van der Waals surface area contributed by atoms with Gasteiger partial charge in [0, 0.05) is 12.1 Å². The number of aromatic amines is 1. The number of H-pyrrole nitrogens is 1. The van der Waals surface area contributed by atoms with Crippen LogP contribution in [0.3, 0.4) is 0 Å². The van der Waals surface area contributed by atoms with Crippen molar-refractivity contribution in [3.8, 4) is 22.4 Å². The van der Waals surface area contributed by atoms with Gasteiger partial charge in [0.05, 0.1) is 31.6 Å². The molecular formula is C28H34ClN5O4. The van der Waals surface area contributed by atoms with Crippen LogP contribution in [0.1, 0.15) is 48.9 Å². The number of rotatable bonds is 8. The molecule has 4 rings (SSSR count). The van der Waals surface area contributed by atoms with Crippen molar-refractivity contribution < 1.29 is 19.1 Å². The van der Waals surface area contributed by atoms with E-state index in [1.54, 1.807) is 23.2 Å². The van der Waals surface area contributed by atoms with Crippen LogP contribution in [0, 0.1) is 5.92 Å². The third-order valence-corrected chi connectivity index (χ3v) is 6.76. The summed E-state index contributed by atoms with van der Waals surface area (Å²) < 4.78 is 4.71. The van der Waals surface area contributed by atoms with Gasteiger partial charge in [-0.05, 0) is 35.4 Å². The number of halogens is 1. The van der Waals surface area contributed by atoms with Gasteiger partial charge in [0.1, 0.15) is 11.9 Å². The number of methoxy groups -OCH3 is 1. The van der Waals surface area contributed by atoms with E-state index in [9.17, 15) is 14.4 Å². The average Bonchev–Trinajstić information content (AvgIpc) is 3.61. The van der Waals surface area contributed by atoms with Crippen LogP contribution in [-0.2, 0) is 9.53 Å². The van der Waals surface area contributed by atoms with Gasteiger partial charge in [0.25, 0.3) is 0 Å². The first-order valence-electron chi connectivity index (χ1n) is 12.5. The number of benzene rings is 2. The van der Waals surface area contributed by atoms with Crippen LogP contribution in [0.15, 0.2) is 54.7 Å². The molecule has 0 spiro atoms. The number of ketones is 1. The molecule has 0 bridgehead atoms. The largest absolute Gasteiger partial charge is 0.453 e. The number of nitrogens with one attached hydrogen (secondary N) is 2. The summed E-state index contributed by atoms with van der Waals surface area (Å²) in [6.07, 6.45) is 2.82. The predicted molar refractivity (Wildman–Crippen MR) is 148 cm³/mol. The number of carbonyl (C=O) groups excluding carboxylic acids is 3. The molecule has 2 aromatic carbocycles. The number of aromatic nitrogens is 2. The van der Waals surface area contributed by atoms with Gasteiger partial charge in [0.15, 0.2) is 5.78 Å². The van der Waals surface area contributed by atoms with E-state index in [1.165, 1.54) is 7.11 Å². The zero-order valence-corrected chi connectivity index (χ0v) is 22.6. The molecule has 9 nitrogen and oxygen atoms in total. The van der Waals surface area contributed by atoms with Crippen LogP contribution in [0.5, 0.6) is 0 Å². The second-order valence-corrected chi connectivity index (χ2v) is 9.51. The highest BCUT2D eigenvalue weighted by molar-refractivity contribution is 5.97. The summed E-state index contributed by atoms with van der Waals surface area (Å²) in [7, 11) is 1.29. The van der Waals surface area contributed by atoms with Crippen LogP contribution >= 0.6 is 12.4 Å². The van der Waals surface area contributed by atoms with Crippen molar-refractivity contribution in [3.05, 3.63) is 66.1 Å². The van der Waals surface area contributed by atoms with E-state index in [-0.39, 0.29) is 42.6 Å². The second kappa shape index (κ2) is 12.7. The standard InChI is InChI=1S/C28H33N5O4.ClH/c1-17(2)25(32-28(36)37-3)27(35)33-14-4-5-23(33)26-30-16-22(31-26)20-10-6-18(7-11-20)19-8-12-21(13-9-19)24(34)15-29;/h6-13,16-17,23,25H,4-5,14-15,29H2,1-3H3,(H,30,31)(H,32,36);1H. The van der Waals surface area contributed by atoms with E-state index >= 15 is 0 Å². The fourth-order valence-electron chi connectivity index (χ4n) is 4.65. The molecule has 2 amide bonds. The van der Waals surface area contributed by atoms with Gasteiger partial charge in [-0.2, -0.15) is 0 Å². The average molecular weight is 540 g/mol. The monoisotopic (exact) mass is 539 g/mol. The van der Waals surface area contributed by atoms with E-state index in [0.717, 1.165) is 41.1 Å². The van der Waals surface area contributed by atoms with Crippen LogP contribution < -0.4 is 11.1 Å². The molecule has 0 aliphatic carbocycles. The van der Waals surface area contributed by atoms with Crippen molar-refractivity contribution in [3.63, 3.8) is 0 Å². The number of amides is 2. The van der Waals surface area contributed by atoms with Crippen molar-refractivity contribution in [2.45, 2.75) is 38.8 Å². The highest BCUT2D eigenvalue weighted by atomic mass is 35.5. The van der Waals surface area contributed by atoms with Gasteiger partial charge in [-0.3, -0.25) is 9.59 Å². The molecule has 3 aromatic rings. The van der Waals surface area contributed by atoms with E-state index in [0.29, 0.717) is 12.1 Å². The molecule has 2 unspecified atom stereocenters. The zero-order chi connectivity index (χ0) is 26.5. The normalized spacial score (nSPS) is 15.6. The fourth-order valence-corrected chi connectivity index (χ4v) is 4.65. The Hall–Kier alpha value is -3.69. The van der Waals surface area contributed by atoms with E-state index in [1.807, 2.05) is 50.2 Å². The number of alkyl carbamates (subject to hydrolysis) is 1. The third kappa shape index (κ3) is 6.23. The molecular weight excluding hydrogens is 506 g/mol. The van der Waals surface area contributed by atoms with Gasteiger partial charge < -0.3 is 25.7 Å². The predicted octanol–water partition coefficient (Wildman–Crippen LogP) is 4.35. The van der Waals surface area contributed by atoms with Crippen molar-refractivity contribution in [2.75, 3.05) is 20.2 Å². The van der Waals surface area contributed by atoms with Gasteiger partial charge >= 0.3 is 6.09 Å². The van der Waals surface area contributed by atoms with E-state index in [4.69, 9.17) is 10.5 Å². The smallest absolute Gasteiger partial charge is 0.407 e. The lowest BCUT2D eigenvalue weighted by molar-refractivity contribution is -0.135. The fraction of sp³-hybridized carbons (Fsp3) is 0.357. The summed E-state index contributed by atoms with van der Waals surface area (Å²) in [5.41, 5.74) is 9.91. The summed E-state index contributed by atoms with van der Waals surface area (Å²) in [6.45, 7) is 4.39. The minimum absolute atomic E-state index is 0. The maximum absolute atomic E-state index is 13.3. The van der Waals surface area contributed by atoms with Crippen LogP contribution in [-0.4, -0.2) is 58.9 Å². The number of nitrogens with two attached hydrogens (primary N) is 1. The molecule has 0 radical (unpaired) electrons. The number of nitrogens with zero attached hydrogens (tertiary/aromatic N) is 2. The molecule has 1 aromatic heterocycles.